The molecule has 1 unspecified atom stereocenters. The molecular formula is C11H22N4O2. The fraction of sp³-hybridized carbons (Fsp3) is 0.818. The summed E-state index contributed by atoms with van der Waals surface area (Å²) < 4.78 is 0. The van der Waals surface area contributed by atoms with Crippen LogP contribution in [0.2, 0.25) is 0 Å². The third-order valence-electron chi connectivity index (χ3n) is 2.88. The van der Waals surface area contributed by atoms with Crippen molar-refractivity contribution < 1.29 is 9.59 Å². The number of piperazine rings is 1. The van der Waals surface area contributed by atoms with Gasteiger partial charge in [0.25, 0.3) is 0 Å². The van der Waals surface area contributed by atoms with E-state index >= 15 is 0 Å². The summed E-state index contributed by atoms with van der Waals surface area (Å²) in [5, 5.41) is 8.53. The fourth-order valence-electron chi connectivity index (χ4n) is 1.81. The second-order valence-electron chi connectivity index (χ2n) is 4.13. The third-order valence-corrected chi connectivity index (χ3v) is 2.88. The number of rotatable bonds is 5. The molecule has 0 aromatic rings. The largest absolute Gasteiger partial charge is 0.355 e. The molecule has 1 aliphatic rings. The van der Waals surface area contributed by atoms with Crippen LogP contribution >= 0.6 is 0 Å². The highest BCUT2D eigenvalue weighted by atomic mass is 16.2. The van der Waals surface area contributed by atoms with Gasteiger partial charge >= 0.3 is 0 Å². The molecule has 6 heteroatoms. The van der Waals surface area contributed by atoms with Crippen LogP contribution in [0.1, 0.15) is 13.8 Å². The molecule has 0 saturated carbocycles. The quantitative estimate of drug-likeness (QED) is 0.550. The Bertz CT molecular complexity index is 264. The van der Waals surface area contributed by atoms with E-state index in [9.17, 15) is 9.59 Å². The number of carbonyl (C=O) groups is 2. The summed E-state index contributed by atoms with van der Waals surface area (Å²) in [6.45, 7) is 7.93. The minimum Gasteiger partial charge on any atom is -0.355 e. The number of amides is 2. The minimum absolute atomic E-state index is 0.0586. The first-order chi connectivity index (χ1) is 8.15. The molecule has 1 saturated heterocycles. The molecule has 98 valence electrons. The molecule has 17 heavy (non-hydrogen) atoms. The van der Waals surface area contributed by atoms with E-state index in [1.807, 2.05) is 13.8 Å². The van der Waals surface area contributed by atoms with E-state index in [1.165, 1.54) is 0 Å². The summed E-state index contributed by atoms with van der Waals surface area (Å²) in [4.78, 5) is 25.1. The molecule has 0 bridgehead atoms. The molecule has 6 nitrogen and oxygen atoms in total. The van der Waals surface area contributed by atoms with Crippen LogP contribution in [0.3, 0.4) is 0 Å². The van der Waals surface area contributed by atoms with Gasteiger partial charge in [-0.15, -0.1) is 0 Å². The van der Waals surface area contributed by atoms with Gasteiger partial charge in [-0.2, -0.15) is 0 Å². The van der Waals surface area contributed by atoms with Crippen molar-refractivity contribution in [1.82, 2.24) is 20.9 Å². The Morgan fingerprint density at radius 3 is 2.53 bits per heavy atom. The van der Waals surface area contributed by atoms with E-state index in [-0.39, 0.29) is 24.4 Å². The van der Waals surface area contributed by atoms with E-state index in [4.69, 9.17) is 0 Å². The average Bonchev–Trinajstić information content (AvgIpc) is 2.36. The monoisotopic (exact) mass is 242 g/mol. The van der Waals surface area contributed by atoms with Crippen molar-refractivity contribution in [3.63, 3.8) is 0 Å². The first-order valence-corrected chi connectivity index (χ1v) is 6.14. The number of nitrogens with zero attached hydrogens (tertiary/aromatic N) is 1. The molecule has 0 radical (unpaired) electrons. The maximum absolute atomic E-state index is 11.8. The third kappa shape index (κ3) is 4.70. The highest BCUT2D eigenvalue weighted by molar-refractivity contribution is 5.87. The lowest BCUT2D eigenvalue weighted by Gasteiger charge is -2.31. The van der Waals surface area contributed by atoms with Crippen molar-refractivity contribution in [2.24, 2.45) is 0 Å². The van der Waals surface area contributed by atoms with E-state index in [0.29, 0.717) is 6.54 Å². The molecule has 1 atom stereocenters. The average molecular weight is 242 g/mol. The van der Waals surface area contributed by atoms with Crippen LogP contribution in [0.4, 0.5) is 0 Å². The van der Waals surface area contributed by atoms with Crippen LogP contribution in [0, 0.1) is 0 Å². The lowest BCUT2D eigenvalue weighted by atomic mass is 10.2. The second-order valence-corrected chi connectivity index (χ2v) is 4.13. The lowest BCUT2D eigenvalue weighted by molar-refractivity contribution is -0.129. The minimum atomic E-state index is -0.175. The number of nitrogens with one attached hydrogen (secondary N) is 3. The molecular weight excluding hydrogens is 220 g/mol. The zero-order valence-electron chi connectivity index (χ0n) is 10.6. The molecule has 1 aliphatic heterocycles. The number of hydrogen-bond donors (Lipinski definition) is 3. The summed E-state index contributed by atoms with van der Waals surface area (Å²) in [6, 6.07) is -0.175. The fourth-order valence-corrected chi connectivity index (χ4v) is 1.81. The van der Waals surface area contributed by atoms with Crippen molar-refractivity contribution in [3.05, 3.63) is 0 Å². The van der Waals surface area contributed by atoms with E-state index < -0.39 is 0 Å². The number of hydrogen-bond acceptors (Lipinski definition) is 4. The van der Waals surface area contributed by atoms with E-state index in [0.717, 1.165) is 26.2 Å². The molecule has 1 rings (SSSR count). The van der Waals surface area contributed by atoms with Gasteiger partial charge in [-0.1, -0.05) is 0 Å². The van der Waals surface area contributed by atoms with Crippen molar-refractivity contribution >= 4 is 11.8 Å². The Hall–Kier alpha value is -1.14. The first kappa shape index (κ1) is 13.9. The van der Waals surface area contributed by atoms with Crippen LogP contribution < -0.4 is 16.0 Å². The first-order valence-electron chi connectivity index (χ1n) is 6.14. The van der Waals surface area contributed by atoms with Crippen LogP contribution in [0.15, 0.2) is 0 Å². The highest BCUT2D eigenvalue weighted by Gasteiger charge is 2.22. The van der Waals surface area contributed by atoms with Crippen molar-refractivity contribution in [1.29, 1.82) is 0 Å². The zero-order chi connectivity index (χ0) is 12.7. The van der Waals surface area contributed by atoms with E-state index in [2.05, 4.69) is 20.9 Å². The van der Waals surface area contributed by atoms with Gasteiger partial charge in [0.1, 0.15) is 0 Å². The summed E-state index contributed by atoms with van der Waals surface area (Å²) in [5.41, 5.74) is 0. The SMILES string of the molecule is CCNC(=O)CNC(=O)C(C)N1CCNCC1. The predicted molar refractivity (Wildman–Crippen MR) is 65.6 cm³/mol. The van der Waals surface area contributed by atoms with Gasteiger partial charge < -0.3 is 16.0 Å². The highest BCUT2D eigenvalue weighted by Crippen LogP contribution is 2.00. The molecule has 2 amide bonds. The van der Waals surface area contributed by atoms with Gasteiger partial charge in [-0.05, 0) is 13.8 Å². The van der Waals surface area contributed by atoms with E-state index in [1.54, 1.807) is 0 Å². The lowest BCUT2D eigenvalue weighted by Crippen LogP contribution is -2.53. The van der Waals surface area contributed by atoms with Crippen LogP contribution in [0.25, 0.3) is 0 Å². The summed E-state index contributed by atoms with van der Waals surface area (Å²) in [6.07, 6.45) is 0. The molecule has 1 fully saturated rings. The number of carbonyl (C=O) groups excluding carboxylic acids is 2. The van der Waals surface area contributed by atoms with Gasteiger partial charge in [-0.3, -0.25) is 14.5 Å². The Morgan fingerprint density at radius 2 is 1.94 bits per heavy atom. The van der Waals surface area contributed by atoms with Crippen LogP contribution in [0.5, 0.6) is 0 Å². The van der Waals surface area contributed by atoms with Crippen molar-refractivity contribution in [3.8, 4) is 0 Å². The van der Waals surface area contributed by atoms with Crippen molar-refractivity contribution in [2.45, 2.75) is 19.9 Å². The summed E-state index contributed by atoms with van der Waals surface area (Å²) in [7, 11) is 0. The molecule has 0 aliphatic carbocycles. The van der Waals surface area contributed by atoms with Gasteiger partial charge in [0.2, 0.25) is 11.8 Å². The molecule has 3 N–H and O–H groups in total. The van der Waals surface area contributed by atoms with Crippen molar-refractivity contribution in [2.75, 3.05) is 39.3 Å². The topological polar surface area (TPSA) is 73.5 Å². The summed E-state index contributed by atoms with van der Waals surface area (Å²) in [5.74, 6) is -0.230. The van der Waals surface area contributed by atoms with Crippen LogP contribution in [-0.2, 0) is 9.59 Å². The Kier molecular flexibility index (Phi) is 5.93. The smallest absolute Gasteiger partial charge is 0.239 e. The molecule has 1 heterocycles. The van der Waals surface area contributed by atoms with Gasteiger partial charge in [0.05, 0.1) is 12.6 Å². The Labute approximate surface area is 102 Å². The standard InChI is InChI=1S/C11H22N4O2/c1-3-13-10(16)8-14-11(17)9(2)15-6-4-12-5-7-15/h9,12H,3-8H2,1-2H3,(H,13,16)(H,14,17). The molecule has 0 aromatic carbocycles. The summed E-state index contributed by atoms with van der Waals surface area (Å²) >= 11 is 0. The molecule has 0 aromatic heterocycles. The van der Waals surface area contributed by atoms with Gasteiger partial charge in [0.15, 0.2) is 0 Å². The van der Waals surface area contributed by atoms with Crippen LogP contribution in [-0.4, -0.2) is 62.0 Å². The molecule has 0 spiro atoms. The normalized spacial score (nSPS) is 18.5. The predicted octanol–water partition coefficient (Wildman–Crippen LogP) is -1.47. The zero-order valence-corrected chi connectivity index (χ0v) is 10.6. The maximum atomic E-state index is 11.8. The van der Waals surface area contributed by atoms with Gasteiger partial charge in [-0.25, -0.2) is 0 Å². The van der Waals surface area contributed by atoms with Gasteiger partial charge in [0, 0.05) is 32.7 Å². The Morgan fingerprint density at radius 1 is 1.29 bits per heavy atom. The second kappa shape index (κ2) is 7.24. The Balaban J connectivity index is 2.28. The maximum Gasteiger partial charge on any atom is 0.239 e. The number of likely N-dealkylation sites (N-methyl/N-ethyl adjacent to an activating group) is 1.